The Labute approximate surface area is 110 Å². The largest absolute Gasteiger partial charge is 0.399 e. The van der Waals surface area contributed by atoms with Gasteiger partial charge < -0.3 is 10.7 Å². The molecule has 18 heavy (non-hydrogen) atoms. The fourth-order valence-electron chi connectivity index (χ4n) is 1.62. The lowest BCUT2D eigenvalue weighted by Gasteiger charge is -1.93. The Balaban J connectivity index is 1.92. The van der Waals surface area contributed by atoms with E-state index in [4.69, 9.17) is 5.73 Å². The molecule has 1 atom stereocenters. The molecule has 0 aliphatic carbocycles. The first-order chi connectivity index (χ1) is 8.72. The summed E-state index contributed by atoms with van der Waals surface area (Å²) in [4.78, 5) is 11.4. The van der Waals surface area contributed by atoms with Crippen molar-refractivity contribution in [3.63, 3.8) is 0 Å². The van der Waals surface area contributed by atoms with Crippen LogP contribution in [-0.2, 0) is 16.6 Å². The molecule has 0 radical (unpaired) electrons. The summed E-state index contributed by atoms with van der Waals surface area (Å²) >= 11 is 1.49. The number of benzene rings is 1. The summed E-state index contributed by atoms with van der Waals surface area (Å²) < 4.78 is 12.1. The maximum absolute atomic E-state index is 12.1. The molecule has 0 fully saturated rings. The Kier molecular flexibility index (Phi) is 2.85. The van der Waals surface area contributed by atoms with E-state index in [2.05, 4.69) is 15.0 Å². The van der Waals surface area contributed by atoms with Crippen molar-refractivity contribution in [2.75, 3.05) is 5.73 Å². The van der Waals surface area contributed by atoms with Crippen molar-refractivity contribution < 1.29 is 4.21 Å². The third kappa shape index (κ3) is 2.14. The molecule has 0 bridgehead atoms. The molecule has 0 spiro atoms. The molecule has 0 aliphatic heterocycles. The number of rotatable bonds is 3. The lowest BCUT2D eigenvalue weighted by atomic mass is 10.3. The average molecular weight is 278 g/mol. The van der Waals surface area contributed by atoms with Crippen molar-refractivity contribution >= 4 is 38.9 Å². The molecule has 3 rings (SSSR count). The smallest absolute Gasteiger partial charge is 0.197 e. The van der Waals surface area contributed by atoms with Gasteiger partial charge in [-0.15, -0.1) is 11.3 Å². The molecule has 0 saturated heterocycles. The predicted molar refractivity (Wildman–Crippen MR) is 72.7 cm³/mol. The van der Waals surface area contributed by atoms with Gasteiger partial charge in [-0.2, -0.15) is 0 Å². The van der Waals surface area contributed by atoms with E-state index in [0.717, 1.165) is 16.0 Å². The van der Waals surface area contributed by atoms with Crippen LogP contribution in [0.25, 0.3) is 11.0 Å². The number of H-pyrrole nitrogens is 1. The molecule has 7 heteroatoms. The SMILES string of the molecule is Nc1ccc2nc(S(=O)Cc3nccs3)[nH]c2c1. The first-order valence-electron chi connectivity index (χ1n) is 5.24. The molecule has 3 aromatic rings. The second-order valence-electron chi connectivity index (χ2n) is 3.73. The van der Waals surface area contributed by atoms with Crippen LogP contribution >= 0.6 is 11.3 Å². The number of nitrogens with two attached hydrogens (primary N) is 1. The molecule has 2 aromatic heterocycles. The Morgan fingerprint density at radius 1 is 1.44 bits per heavy atom. The lowest BCUT2D eigenvalue weighted by molar-refractivity contribution is 0.677. The number of thiazole rings is 1. The third-order valence-electron chi connectivity index (χ3n) is 2.44. The highest BCUT2D eigenvalue weighted by Gasteiger charge is 2.12. The fraction of sp³-hybridized carbons (Fsp3) is 0.0909. The minimum absolute atomic E-state index is 0.382. The van der Waals surface area contributed by atoms with Gasteiger partial charge in [0.05, 0.1) is 27.6 Å². The van der Waals surface area contributed by atoms with Crippen LogP contribution in [0.2, 0.25) is 0 Å². The zero-order valence-corrected chi connectivity index (χ0v) is 10.9. The molecule has 1 aromatic carbocycles. The van der Waals surface area contributed by atoms with Gasteiger partial charge in [0, 0.05) is 17.3 Å². The second-order valence-corrected chi connectivity index (χ2v) is 6.08. The van der Waals surface area contributed by atoms with Gasteiger partial charge in [0.2, 0.25) is 0 Å². The third-order valence-corrected chi connectivity index (χ3v) is 4.56. The van der Waals surface area contributed by atoms with Crippen LogP contribution in [0, 0.1) is 0 Å². The molecular formula is C11H10N4OS2. The summed E-state index contributed by atoms with van der Waals surface area (Å²) in [5.74, 6) is 0.382. The zero-order chi connectivity index (χ0) is 12.5. The van der Waals surface area contributed by atoms with Crippen molar-refractivity contribution in [3.8, 4) is 0 Å². The number of hydrogen-bond donors (Lipinski definition) is 2. The first-order valence-corrected chi connectivity index (χ1v) is 7.44. The molecule has 5 nitrogen and oxygen atoms in total. The predicted octanol–water partition coefficient (Wildman–Crippen LogP) is 1.91. The number of nitrogen functional groups attached to an aromatic ring is 1. The molecule has 0 saturated carbocycles. The molecule has 92 valence electrons. The van der Waals surface area contributed by atoms with Crippen LogP contribution in [-0.4, -0.2) is 19.2 Å². The number of nitrogens with zero attached hydrogens (tertiary/aromatic N) is 2. The Hall–Kier alpha value is -1.73. The van der Waals surface area contributed by atoms with E-state index in [1.807, 2.05) is 11.4 Å². The number of imidazole rings is 1. The highest BCUT2D eigenvalue weighted by molar-refractivity contribution is 7.84. The normalized spacial score (nSPS) is 12.9. The van der Waals surface area contributed by atoms with Gasteiger partial charge in [-0.05, 0) is 18.2 Å². The van der Waals surface area contributed by atoms with Crippen molar-refractivity contribution in [2.24, 2.45) is 0 Å². The topological polar surface area (TPSA) is 84.7 Å². The Morgan fingerprint density at radius 2 is 2.33 bits per heavy atom. The van der Waals surface area contributed by atoms with Gasteiger partial charge in [0.15, 0.2) is 5.16 Å². The van der Waals surface area contributed by atoms with E-state index < -0.39 is 10.8 Å². The molecular weight excluding hydrogens is 268 g/mol. The minimum atomic E-state index is -1.21. The summed E-state index contributed by atoms with van der Waals surface area (Å²) in [5.41, 5.74) is 7.92. The van der Waals surface area contributed by atoms with E-state index in [-0.39, 0.29) is 0 Å². The van der Waals surface area contributed by atoms with E-state index in [9.17, 15) is 4.21 Å². The standard InChI is InChI=1S/C11H10N4OS2/c12-7-1-2-8-9(5-7)15-11(14-8)18(16)6-10-13-3-4-17-10/h1-5H,6,12H2,(H,14,15). The summed E-state index contributed by atoms with van der Waals surface area (Å²) in [6.45, 7) is 0. The van der Waals surface area contributed by atoms with Crippen LogP contribution in [0.3, 0.4) is 0 Å². The highest BCUT2D eigenvalue weighted by Crippen LogP contribution is 2.18. The van der Waals surface area contributed by atoms with Crippen molar-refractivity contribution in [2.45, 2.75) is 10.9 Å². The van der Waals surface area contributed by atoms with Gasteiger partial charge in [-0.25, -0.2) is 9.97 Å². The second kappa shape index (κ2) is 4.51. The first kappa shape index (κ1) is 11.4. The van der Waals surface area contributed by atoms with Crippen molar-refractivity contribution in [1.82, 2.24) is 15.0 Å². The molecule has 3 N–H and O–H groups in total. The summed E-state index contributed by atoms with van der Waals surface area (Å²) in [5, 5.41) is 3.17. The van der Waals surface area contributed by atoms with Crippen LogP contribution in [0.5, 0.6) is 0 Å². The number of anilines is 1. The Bertz CT molecular complexity index is 705. The quantitative estimate of drug-likeness (QED) is 0.717. The molecule has 0 amide bonds. The van der Waals surface area contributed by atoms with Crippen molar-refractivity contribution in [3.05, 3.63) is 34.8 Å². The monoisotopic (exact) mass is 278 g/mol. The van der Waals surface area contributed by atoms with Gasteiger partial charge >= 0.3 is 0 Å². The number of nitrogens with one attached hydrogen (secondary N) is 1. The number of fused-ring (bicyclic) bond motifs is 1. The van der Waals surface area contributed by atoms with E-state index >= 15 is 0 Å². The Morgan fingerprint density at radius 3 is 3.11 bits per heavy atom. The molecule has 2 heterocycles. The van der Waals surface area contributed by atoms with E-state index in [1.54, 1.807) is 18.3 Å². The van der Waals surface area contributed by atoms with Crippen LogP contribution in [0.1, 0.15) is 5.01 Å². The van der Waals surface area contributed by atoms with Gasteiger partial charge in [0.25, 0.3) is 0 Å². The maximum atomic E-state index is 12.1. The van der Waals surface area contributed by atoms with Crippen molar-refractivity contribution in [1.29, 1.82) is 0 Å². The van der Waals surface area contributed by atoms with Gasteiger partial charge in [-0.3, -0.25) is 4.21 Å². The maximum Gasteiger partial charge on any atom is 0.197 e. The number of hydrogen-bond acceptors (Lipinski definition) is 5. The minimum Gasteiger partial charge on any atom is -0.399 e. The lowest BCUT2D eigenvalue weighted by Crippen LogP contribution is -1.97. The van der Waals surface area contributed by atoms with E-state index in [1.165, 1.54) is 11.3 Å². The van der Waals surface area contributed by atoms with Gasteiger partial charge in [0.1, 0.15) is 5.01 Å². The van der Waals surface area contributed by atoms with E-state index in [0.29, 0.717) is 16.6 Å². The van der Waals surface area contributed by atoms with Crippen LogP contribution in [0.15, 0.2) is 34.9 Å². The number of aromatic amines is 1. The highest BCUT2D eigenvalue weighted by atomic mass is 32.2. The number of aromatic nitrogens is 3. The van der Waals surface area contributed by atoms with Gasteiger partial charge in [-0.1, -0.05) is 0 Å². The molecule has 0 aliphatic rings. The van der Waals surface area contributed by atoms with Crippen LogP contribution < -0.4 is 5.73 Å². The average Bonchev–Trinajstić information content (AvgIpc) is 2.96. The summed E-state index contributed by atoms with van der Waals surface area (Å²) in [6.07, 6.45) is 1.70. The summed E-state index contributed by atoms with van der Waals surface area (Å²) in [6, 6.07) is 5.37. The summed E-state index contributed by atoms with van der Waals surface area (Å²) in [7, 11) is -1.21. The fourth-order valence-corrected chi connectivity index (χ4v) is 3.47. The molecule has 1 unspecified atom stereocenters. The zero-order valence-electron chi connectivity index (χ0n) is 9.29. The van der Waals surface area contributed by atoms with Crippen LogP contribution in [0.4, 0.5) is 5.69 Å².